The molecule has 1 N–H and O–H groups in total. The zero-order valence-electron chi connectivity index (χ0n) is 12.6. The Bertz CT molecular complexity index is 518. The highest BCUT2D eigenvalue weighted by Crippen LogP contribution is 2.22. The average molecular weight is 286 g/mol. The summed E-state index contributed by atoms with van der Waals surface area (Å²) in [6.07, 6.45) is 6.32. The number of allylic oxidation sites excluding steroid dienone is 1. The van der Waals surface area contributed by atoms with Gasteiger partial charge in [0.25, 0.3) is 0 Å². The van der Waals surface area contributed by atoms with Crippen LogP contribution in [0.15, 0.2) is 36.4 Å². The Kier molecular flexibility index (Phi) is 7.74. The monoisotopic (exact) mass is 286 g/mol. The highest BCUT2D eigenvalue weighted by molar-refractivity contribution is 5.69. The molecule has 0 fully saturated rings. The second-order valence-corrected chi connectivity index (χ2v) is 4.68. The summed E-state index contributed by atoms with van der Waals surface area (Å²) in [6, 6.07) is 7.47. The molecule has 0 amide bonds. The average Bonchev–Trinajstić information content (AvgIpc) is 2.47. The highest BCUT2D eigenvalue weighted by atomic mass is 16.5. The molecule has 0 radical (unpaired) electrons. The number of carboxylic acids is 1. The fourth-order valence-corrected chi connectivity index (χ4v) is 1.89. The Morgan fingerprint density at radius 2 is 2.05 bits per heavy atom. The number of carboxylic acid groups (broad SMARTS) is 1. The molecule has 21 heavy (non-hydrogen) atoms. The summed E-state index contributed by atoms with van der Waals surface area (Å²) < 4.78 is 5.59. The van der Waals surface area contributed by atoms with Gasteiger partial charge in [0.05, 0.1) is 12.3 Å². The maximum atomic E-state index is 10.9. The highest BCUT2D eigenvalue weighted by Gasteiger charge is 2.12. The third kappa shape index (κ3) is 6.67. The number of hydrogen-bond acceptors (Lipinski definition) is 2. The summed E-state index contributed by atoms with van der Waals surface area (Å²) in [5, 5.41) is 8.91. The van der Waals surface area contributed by atoms with E-state index in [1.807, 2.05) is 30.3 Å². The molecule has 0 saturated heterocycles. The maximum absolute atomic E-state index is 10.9. The van der Waals surface area contributed by atoms with Crippen molar-refractivity contribution in [1.82, 2.24) is 0 Å². The number of ether oxygens (including phenoxy) is 1. The first-order valence-corrected chi connectivity index (χ1v) is 7.19. The minimum Gasteiger partial charge on any atom is -0.490 e. The lowest BCUT2D eigenvalue weighted by molar-refractivity contribution is -0.137. The first-order valence-electron chi connectivity index (χ1n) is 7.19. The van der Waals surface area contributed by atoms with E-state index in [9.17, 15) is 4.79 Å². The van der Waals surface area contributed by atoms with E-state index in [-0.39, 0.29) is 12.3 Å². The molecule has 0 aliphatic heterocycles. The Balaban J connectivity index is 2.62. The largest absolute Gasteiger partial charge is 0.490 e. The van der Waals surface area contributed by atoms with Crippen LogP contribution in [-0.2, 0) is 4.79 Å². The van der Waals surface area contributed by atoms with E-state index >= 15 is 0 Å². The molecule has 3 heteroatoms. The van der Waals surface area contributed by atoms with Gasteiger partial charge in [-0.2, -0.15) is 0 Å². The van der Waals surface area contributed by atoms with Crippen molar-refractivity contribution in [1.29, 1.82) is 0 Å². The van der Waals surface area contributed by atoms with Crippen LogP contribution in [0, 0.1) is 11.8 Å². The maximum Gasteiger partial charge on any atom is 0.304 e. The number of benzene rings is 1. The fourth-order valence-electron chi connectivity index (χ4n) is 1.89. The van der Waals surface area contributed by atoms with E-state index < -0.39 is 5.97 Å². The van der Waals surface area contributed by atoms with Gasteiger partial charge in [-0.05, 0) is 31.0 Å². The lowest BCUT2D eigenvalue weighted by Crippen LogP contribution is -2.04. The van der Waals surface area contributed by atoms with Gasteiger partial charge in [-0.15, -0.1) is 5.92 Å². The summed E-state index contributed by atoms with van der Waals surface area (Å²) in [5.74, 6) is 5.38. The van der Waals surface area contributed by atoms with Gasteiger partial charge in [-0.3, -0.25) is 4.79 Å². The van der Waals surface area contributed by atoms with Crippen molar-refractivity contribution in [2.75, 3.05) is 6.61 Å². The lowest BCUT2D eigenvalue weighted by Gasteiger charge is -2.10. The molecule has 0 spiro atoms. The zero-order valence-corrected chi connectivity index (χ0v) is 12.6. The normalized spacial score (nSPS) is 11.7. The molecule has 0 aliphatic rings. The van der Waals surface area contributed by atoms with Gasteiger partial charge in [-0.1, -0.05) is 43.5 Å². The Morgan fingerprint density at radius 3 is 2.62 bits per heavy atom. The minimum atomic E-state index is -0.843. The Labute approximate surface area is 126 Å². The molecule has 0 aromatic heterocycles. The fraction of sp³-hybridized carbons (Fsp3) is 0.389. The van der Waals surface area contributed by atoms with Crippen molar-refractivity contribution in [2.24, 2.45) is 0 Å². The van der Waals surface area contributed by atoms with E-state index in [1.165, 1.54) is 0 Å². The van der Waals surface area contributed by atoms with Crippen molar-refractivity contribution in [3.05, 3.63) is 42.0 Å². The first-order chi connectivity index (χ1) is 10.2. The van der Waals surface area contributed by atoms with Crippen molar-refractivity contribution in [3.63, 3.8) is 0 Å². The molecular formula is C18H22O3. The third-order valence-electron chi connectivity index (χ3n) is 2.95. The zero-order chi connectivity index (χ0) is 15.5. The molecule has 3 nitrogen and oxygen atoms in total. The second-order valence-electron chi connectivity index (χ2n) is 4.68. The number of unbranched alkanes of at least 4 members (excludes halogenated alkanes) is 1. The molecule has 1 aromatic carbocycles. The third-order valence-corrected chi connectivity index (χ3v) is 2.95. The minimum absolute atomic E-state index is 0.0147. The quantitative estimate of drug-likeness (QED) is 0.580. The topological polar surface area (TPSA) is 46.5 Å². The van der Waals surface area contributed by atoms with Crippen LogP contribution in [0.25, 0.3) is 0 Å². The van der Waals surface area contributed by atoms with Crippen molar-refractivity contribution in [3.8, 4) is 17.6 Å². The van der Waals surface area contributed by atoms with Crippen LogP contribution in [-0.4, -0.2) is 17.7 Å². The van der Waals surface area contributed by atoms with Gasteiger partial charge in [0, 0.05) is 0 Å². The molecule has 0 bridgehead atoms. The van der Waals surface area contributed by atoms with Gasteiger partial charge in [0.15, 0.2) is 0 Å². The number of aliphatic carboxylic acids is 1. The molecule has 1 aromatic rings. The molecule has 0 heterocycles. The molecule has 0 saturated carbocycles. The molecule has 112 valence electrons. The van der Waals surface area contributed by atoms with Crippen molar-refractivity contribution >= 4 is 5.97 Å². The predicted molar refractivity (Wildman–Crippen MR) is 84.4 cm³/mol. The van der Waals surface area contributed by atoms with Crippen LogP contribution in [0.5, 0.6) is 5.75 Å². The first kappa shape index (κ1) is 16.8. The summed E-state index contributed by atoms with van der Waals surface area (Å²) >= 11 is 0. The van der Waals surface area contributed by atoms with E-state index in [4.69, 9.17) is 9.84 Å². The number of carbonyl (C=O) groups is 1. The van der Waals surface area contributed by atoms with Crippen LogP contribution < -0.4 is 4.74 Å². The summed E-state index contributed by atoms with van der Waals surface area (Å²) in [5.41, 5.74) is 0.903. The summed E-state index contributed by atoms with van der Waals surface area (Å²) in [7, 11) is 0. The number of hydrogen-bond donors (Lipinski definition) is 1. The molecule has 1 rings (SSSR count). The smallest absolute Gasteiger partial charge is 0.304 e. The van der Waals surface area contributed by atoms with E-state index in [1.54, 1.807) is 6.92 Å². The van der Waals surface area contributed by atoms with Crippen LogP contribution in [0.4, 0.5) is 0 Å². The van der Waals surface area contributed by atoms with E-state index in [0.717, 1.165) is 24.2 Å². The SMILES string of the molecule is CC#CC(CC(=O)O)c1ccc(OC/C=C/CCC)cc1. The van der Waals surface area contributed by atoms with E-state index in [0.29, 0.717) is 6.61 Å². The number of rotatable bonds is 8. The molecule has 1 unspecified atom stereocenters. The van der Waals surface area contributed by atoms with Crippen LogP contribution in [0.3, 0.4) is 0 Å². The summed E-state index contributed by atoms with van der Waals surface area (Å²) in [6.45, 7) is 4.40. The van der Waals surface area contributed by atoms with Crippen LogP contribution in [0.1, 0.15) is 44.6 Å². The predicted octanol–water partition coefficient (Wildman–Crippen LogP) is 4.00. The summed E-state index contributed by atoms with van der Waals surface area (Å²) in [4.78, 5) is 10.9. The van der Waals surface area contributed by atoms with Gasteiger partial charge >= 0.3 is 5.97 Å². The standard InChI is InChI=1S/C18H22O3/c1-3-5-6-7-13-21-17-11-9-15(10-12-17)16(8-4-2)14-18(19)20/h6-7,9-12,16H,3,5,13-14H2,1-2H3,(H,19,20)/b7-6+. The molecule has 0 aliphatic carbocycles. The van der Waals surface area contributed by atoms with Gasteiger partial charge in [0.1, 0.15) is 12.4 Å². The van der Waals surface area contributed by atoms with Crippen molar-refractivity contribution in [2.45, 2.75) is 39.0 Å². The van der Waals surface area contributed by atoms with Gasteiger partial charge < -0.3 is 9.84 Å². The van der Waals surface area contributed by atoms with Crippen molar-refractivity contribution < 1.29 is 14.6 Å². The van der Waals surface area contributed by atoms with E-state index in [2.05, 4.69) is 24.8 Å². The van der Waals surface area contributed by atoms with Crippen LogP contribution >= 0.6 is 0 Å². The lowest BCUT2D eigenvalue weighted by atomic mass is 9.96. The van der Waals surface area contributed by atoms with Gasteiger partial charge in [-0.25, -0.2) is 0 Å². The molecule has 1 atom stereocenters. The Hall–Kier alpha value is -2.21. The molecular weight excluding hydrogens is 264 g/mol. The van der Waals surface area contributed by atoms with Gasteiger partial charge in [0.2, 0.25) is 0 Å². The Morgan fingerprint density at radius 1 is 1.33 bits per heavy atom. The van der Waals surface area contributed by atoms with Crippen LogP contribution in [0.2, 0.25) is 0 Å². The second kappa shape index (κ2) is 9.66.